The maximum Gasteiger partial charge on any atom is 0.314 e. The lowest BCUT2D eigenvalue weighted by atomic mass is 10.1. The van der Waals surface area contributed by atoms with Crippen molar-refractivity contribution in [2.75, 3.05) is 26.3 Å². The standard InChI is InChI=1S/C22H30N2O3/c1-4-26-20-10-9-19(16-21(20)27-5-2)12-14-24-22(25)23-13-11-18-8-6-7-17(3)15-18/h6-10,15-16H,4-5,11-14H2,1-3H3,(H2,23,24,25). The van der Waals surface area contributed by atoms with E-state index in [0.29, 0.717) is 26.3 Å². The van der Waals surface area contributed by atoms with Gasteiger partial charge in [-0.3, -0.25) is 0 Å². The smallest absolute Gasteiger partial charge is 0.314 e. The van der Waals surface area contributed by atoms with Crippen molar-refractivity contribution in [3.8, 4) is 11.5 Å². The molecule has 2 rings (SSSR count). The average molecular weight is 370 g/mol. The van der Waals surface area contributed by atoms with E-state index in [9.17, 15) is 4.79 Å². The van der Waals surface area contributed by atoms with Crippen LogP contribution in [-0.2, 0) is 12.8 Å². The molecule has 0 aliphatic carbocycles. The van der Waals surface area contributed by atoms with Gasteiger partial charge in [-0.15, -0.1) is 0 Å². The van der Waals surface area contributed by atoms with Crippen LogP contribution in [0, 0.1) is 6.92 Å². The number of amides is 2. The highest BCUT2D eigenvalue weighted by molar-refractivity contribution is 5.73. The molecule has 2 amide bonds. The first kappa shape index (κ1) is 20.6. The monoisotopic (exact) mass is 370 g/mol. The van der Waals surface area contributed by atoms with Crippen LogP contribution in [0.5, 0.6) is 11.5 Å². The van der Waals surface area contributed by atoms with Gasteiger partial charge in [0.25, 0.3) is 0 Å². The number of aryl methyl sites for hydroxylation is 1. The molecule has 2 aromatic rings. The van der Waals surface area contributed by atoms with E-state index in [4.69, 9.17) is 9.47 Å². The fourth-order valence-corrected chi connectivity index (χ4v) is 2.82. The van der Waals surface area contributed by atoms with Crippen LogP contribution < -0.4 is 20.1 Å². The summed E-state index contributed by atoms with van der Waals surface area (Å²) in [7, 11) is 0. The van der Waals surface area contributed by atoms with E-state index in [0.717, 1.165) is 29.9 Å². The van der Waals surface area contributed by atoms with Gasteiger partial charge in [0, 0.05) is 13.1 Å². The molecule has 146 valence electrons. The Labute approximate surface area is 162 Å². The second kappa shape index (κ2) is 11.1. The molecule has 0 fully saturated rings. The summed E-state index contributed by atoms with van der Waals surface area (Å²) in [5, 5.41) is 5.80. The summed E-state index contributed by atoms with van der Waals surface area (Å²) in [6.07, 6.45) is 1.56. The van der Waals surface area contributed by atoms with Gasteiger partial charge in [-0.05, 0) is 56.9 Å². The molecule has 0 aliphatic rings. The second-order valence-electron chi connectivity index (χ2n) is 6.32. The van der Waals surface area contributed by atoms with Crippen molar-refractivity contribution in [2.45, 2.75) is 33.6 Å². The predicted molar refractivity (Wildman–Crippen MR) is 109 cm³/mol. The van der Waals surface area contributed by atoms with Gasteiger partial charge in [-0.1, -0.05) is 35.9 Å². The van der Waals surface area contributed by atoms with Crippen molar-refractivity contribution in [1.82, 2.24) is 10.6 Å². The van der Waals surface area contributed by atoms with Crippen LogP contribution in [0.25, 0.3) is 0 Å². The third kappa shape index (κ3) is 7.21. The Balaban J connectivity index is 1.73. The maximum atomic E-state index is 11.9. The summed E-state index contributed by atoms with van der Waals surface area (Å²) in [6, 6.07) is 14.1. The molecule has 0 heterocycles. The molecule has 5 nitrogen and oxygen atoms in total. The number of hydrogen-bond acceptors (Lipinski definition) is 3. The minimum absolute atomic E-state index is 0.140. The van der Waals surface area contributed by atoms with Crippen LogP contribution in [0.2, 0.25) is 0 Å². The van der Waals surface area contributed by atoms with E-state index in [1.807, 2.05) is 38.1 Å². The van der Waals surface area contributed by atoms with E-state index in [1.54, 1.807) is 0 Å². The lowest BCUT2D eigenvalue weighted by molar-refractivity contribution is 0.241. The van der Waals surface area contributed by atoms with Crippen LogP contribution in [-0.4, -0.2) is 32.3 Å². The molecule has 0 atom stereocenters. The number of nitrogens with one attached hydrogen (secondary N) is 2. The maximum absolute atomic E-state index is 11.9. The van der Waals surface area contributed by atoms with Gasteiger partial charge in [0.15, 0.2) is 11.5 Å². The number of carbonyl (C=O) groups is 1. The molecule has 0 bridgehead atoms. The Bertz CT molecular complexity index is 731. The van der Waals surface area contributed by atoms with Crippen molar-refractivity contribution in [3.05, 3.63) is 59.2 Å². The Morgan fingerprint density at radius 3 is 2.11 bits per heavy atom. The van der Waals surface area contributed by atoms with Gasteiger partial charge in [0.2, 0.25) is 0 Å². The largest absolute Gasteiger partial charge is 0.490 e. The Morgan fingerprint density at radius 2 is 1.48 bits per heavy atom. The van der Waals surface area contributed by atoms with Gasteiger partial charge < -0.3 is 20.1 Å². The summed E-state index contributed by atoms with van der Waals surface area (Å²) in [5.74, 6) is 1.50. The Morgan fingerprint density at radius 1 is 0.852 bits per heavy atom. The summed E-state index contributed by atoms with van der Waals surface area (Å²) in [4.78, 5) is 11.9. The third-order valence-corrected chi connectivity index (χ3v) is 4.09. The van der Waals surface area contributed by atoms with Crippen molar-refractivity contribution in [1.29, 1.82) is 0 Å². The van der Waals surface area contributed by atoms with Gasteiger partial charge in [-0.2, -0.15) is 0 Å². The summed E-state index contributed by atoms with van der Waals surface area (Å²) in [6.45, 7) is 8.34. The molecule has 5 heteroatoms. The Kier molecular flexibility index (Phi) is 8.49. The SMILES string of the molecule is CCOc1ccc(CCNC(=O)NCCc2cccc(C)c2)cc1OCC. The summed E-state index contributed by atoms with van der Waals surface area (Å²) >= 11 is 0. The van der Waals surface area contributed by atoms with Crippen molar-refractivity contribution >= 4 is 6.03 Å². The van der Waals surface area contributed by atoms with E-state index < -0.39 is 0 Å². The number of rotatable bonds is 10. The number of urea groups is 1. The third-order valence-electron chi connectivity index (χ3n) is 4.09. The predicted octanol–water partition coefficient (Wildman–Crippen LogP) is 3.88. The second-order valence-corrected chi connectivity index (χ2v) is 6.32. The molecular weight excluding hydrogens is 340 g/mol. The van der Waals surface area contributed by atoms with E-state index in [-0.39, 0.29) is 6.03 Å². The number of carbonyl (C=O) groups excluding carboxylic acids is 1. The van der Waals surface area contributed by atoms with Gasteiger partial charge in [0.1, 0.15) is 0 Å². The molecule has 27 heavy (non-hydrogen) atoms. The zero-order valence-corrected chi connectivity index (χ0v) is 16.5. The highest BCUT2D eigenvalue weighted by Crippen LogP contribution is 2.28. The first-order chi connectivity index (χ1) is 13.1. The van der Waals surface area contributed by atoms with Crippen LogP contribution in [0.4, 0.5) is 4.79 Å². The number of ether oxygens (including phenoxy) is 2. The van der Waals surface area contributed by atoms with E-state index >= 15 is 0 Å². The molecule has 0 saturated carbocycles. The molecule has 0 spiro atoms. The molecule has 0 unspecified atom stereocenters. The molecule has 0 radical (unpaired) electrons. The topological polar surface area (TPSA) is 59.6 Å². The first-order valence-electron chi connectivity index (χ1n) is 9.58. The van der Waals surface area contributed by atoms with Crippen molar-refractivity contribution in [2.24, 2.45) is 0 Å². The molecular formula is C22H30N2O3. The number of hydrogen-bond donors (Lipinski definition) is 2. The van der Waals surface area contributed by atoms with E-state index in [1.165, 1.54) is 11.1 Å². The van der Waals surface area contributed by atoms with Crippen LogP contribution >= 0.6 is 0 Å². The van der Waals surface area contributed by atoms with Crippen LogP contribution in [0.15, 0.2) is 42.5 Å². The summed E-state index contributed by atoms with van der Waals surface area (Å²) < 4.78 is 11.2. The molecule has 0 saturated heterocycles. The highest BCUT2D eigenvalue weighted by Gasteiger charge is 2.07. The number of benzene rings is 2. The van der Waals surface area contributed by atoms with Gasteiger partial charge >= 0.3 is 6.03 Å². The van der Waals surface area contributed by atoms with Crippen LogP contribution in [0.1, 0.15) is 30.5 Å². The normalized spacial score (nSPS) is 10.3. The molecule has 2 N–H and O–H groups in total. The van der Waals surface area contributed by atoms with Gasteiger partial charge in [-0.25, -0.2) is 4.79 Å². The molecule has 0 aromatic heterocycles. The average Bonchev–Trinajstić information content (AvgIpc) is 2.64. The minimum atomic E-state index is -0.140. The lowest BCUT2D eigenvalue weighted by Gasteiger charge is -2.13. The fourth-order valence-electron chi connectivity index (χ4n) is 2.82. The first-order valence-corrected chi connectivity index (χ1v) is 9.58. The quantitative estimate of drug-likeness (QED) is 0.667. The Hall–Kier alpha value is -2.69. The van der Waals surface area contributed by atoms with E-state index in [2.05, 4.69) is 35.8 Å². The molecule has 0 aliphatic heterocycles. The lowest BCUT2D eigenvalue weighted by Crippen LogP contribution is -2.37. The van der Waals surface area contributed by atoms with Crippen molar-refractivity contribution < 1.29 is 14.3 Å². The van der Waals surface area contributed by atoms with Crippen molar-refractivity contribution in [3.63, 3.8) is 0 Å². The molecule has 2 aromatic carbocycles. The summed E-state index contributed by atoms with van der Waals surface area (Å²) in [5.41, 5.74) is 3.56. The minimum Gasteiger partial charge on any atom is -0.490 e. The van der Waals surface area contributed by atoms with Gasteiger partial charge in [0.05, 0.1) is 13.2 Å². The zero-order valence-electron chi connectivity index (χ0n) is 16.5. The zero-order chi connectivity index (χ0) is 19.5. The fraction of sp³-hybridized carbons (Fsp3) is 0.409. The van der Waals surface area contributed by atoms with Crippen LogP contribution in [0.3, 0.4) is 0 Å². The highest BCUT2D eigenvalue weighted by atomic mass is 16.5.